The molecule has 2 aromatic carbocycles. The van der Waals surface area contributed by atoms with Crippen LogP contribution in [0.5, 0.6) is 0 Å². The molecule has 0 amide bonds. The molecule has 0 atom stereocenters. The Labute approximate surface area is 109 Å². The van der Waals surface area contributed by atoms with Crippen LogP contribution in [0, 0.1) is 6.92 Å². The van der Waals surface area contributed by atoms with Gasteiger partial charge in [-0.2, -0.15) is 0 Å². The first-order chi connectivity index (χ1) is 9.13. The summed E-state index contributed by atoms with van der Waals surface area (Å²) >= 11 is 0. The second-order valence-corrected chi connectivity index (χ2v) is 4.30. The third-order valence-corrected chi connectivity index (χ3v) is 2.96. The lowest BCUT2D eigenvalue weighted by Gasteiger charge is -2.02. The molecule has 1 heterocycles. The van der Waals surface area contributed by atoms with Gasteiger partial charge in [0.1, 0.15) is 5.52 Å². The lowest BCUT2D eigenvalue weighted by molar-refractivity contribution is 0.0697. The van der Waals surface area contributed by atoms with Crippen LogP contribution in [-0.4, -0.2) is 16.1 Å². The first-order valence-corrected chi connectivity index (χ1v) is 5.84. The summed E-state index contributed by atoms with van der Waals surface area (Å²) in [6.07, 6.45) is 0. The predicted molar refractivity (Wildman–Crippen MR) is 71.1 cm³/mol. The molecule has 0 saturated carbocycles. The average molecular weight is 253 g/mol. The lowest BCUT2D eigenvalue weighted by Crippen LogP contribution is -1.94. The fourth-order valence-electron chi connectivity index (χ4n) is 2.03. The number of oxazole rings is 1. The number of aromatic nitrogens is 1. The highest BCUT2D eigenvalue weighted by molar-refractivity contribution is 5.88. The predicted octanol–water partition coefficient (Wildman–Crippen LogP) is 3.50. The first kappa shape index (κ1) is 11.5. The zero-order valence-electron chi connectivity index (χ0n) is 10.3. The van der Waals surface area contributed by atoms with E-state index in [2.05, 4.69) is 4.98 Å². The normalized spacial score (nSPS) is 10.8. The average Bonchev–Trinajstić information content (AvgIpc) is 2.77. The molecule has 0 aliphatic heterocycles. The van der Waals surface area contributed by atoms with E-state index in [-0.39, 0.29) is 5.56 Å². The van der Waals surface area contributed by atoms with Crippen LogP contribution in [0.25, 0.3) is 22.2 Å². The van der Waals surface area contributed by atoms with Gasteiger partial charge in [-0.1, -0.05) is 18.2 Å². The van der Waals surface area contributed by atoms with E-state index in [1.54, 1.807) is 31.2 Å². The van der Waals surface area contributed by atoms with Crippen molar-refractivity contribution in [1.82, 2.24) is 4.98 Å². The fourth-order valence-corrected chi connectivity index (χ4v) is 2.03. The molecular formula is C15H11NO3. The van der Waals surface area contributed by atoms with E-state index in [9.17, 15) is 4.79 Å². The van der Waals surface area contributed by atoms with Crippen LogP contribution in [0.15, 0.2) is 46.9 Å². The van der Waals surface area contributed by atoms with Crippen molar-refractivity contribution in [3.63, 3.8) is 0 Å². The minimum atomic E-state index is -0.922. The molecule has 0 bridgehead atoms. The number of fused-ring (bicyclic) bond motifs is 1. The fraction of sp³-hybridized carbons (Fsp3) is 0.0667. The monoisotopic (exact) mass is 253 g/mol. The van der Waals surface area contributed by atoms with E-state index in [4.69, 9.17) is 9.52 Å². The Morgan fingerprint density at radius 2 is 1.79 bits per heavy atom. The maximum Gasteiger partial charge on any atom is 0.335 e. The van der Waals surface area contributed by atoms with Crippen LogP contribution in [0.4, 0.5) is 0 Å². The molecule has 1 N–H and O–H groups in total. The second kappa shape index (κ2) is 4.24. The minimum absolute atomic E-state index is 0.280. The van der Waals surface area contributed by atoms with Gasteiger partial charge in [-0.15, -0.1) is 0 Å². The van der Waals surface area contributed by atoms with E-state index < -0.39 is 5.97 Å². The molecule has 0 saturated heterocycles. The zero-order valence-corrected chi connectivity index (χ0v) is 10.3. The van der Waals surface area contributed by atoms with Crippen molar-refractivity contribution in [3.05, 3.63) is 53.9 Å². The third kappa shape index (κ3) is 2.08. The standard InChI is InChI=1S/C15H11NO3/c1-9-16-13-8-12(6-7-14(13)19-9)10-2-4-11(5-3-10)15(17)18/h2-8H,1H3,(H,17,18). The summed E-state index contributed by atoms with van der Waals surface area (Å²) in [6.45, 7) is 1.81. The summed E-state index contributed by atoms with van der Waals surface area (Å²) < 4.78 is 5.42. The number of carboxylic acid groups (broad SMARTS) is 1. The quantitative estimate of drug-likeness (QED) is 0.759. The van der Waals surface area contributed by atoms with Gasteiger partial charge >= 0.3 is 5.97 Å². The molecule has 0 radical (unpaired) electrons. The topological polar surface area (TPSA) is 63.3 Å². The number of nitrogens with zero attached hydrogens (tertiary/aromatic N) is 1. The number of hydrogen-bond donors (Lipinski definition) is 1. The molecule has 3 aromatic rings. The van der Waals surface area contributed by atoms with Crippen LogP contribution in [-0.2, 0) is 0 Å². The summed E-state index contributed by atoms with van der Waals surface area (Å²) in [6, 6.07) is 12.5. The highest BCUT2D eigenvalue weighted by Crippen LogP contribution is 2.25. The van der Waals surface area contributed by atoms with Gasteiger partial charge in [0.25, 0.3) is 0 Å². The molecule has 1 aromatic heterocycles. The summed E-state index contributed by atoms with van der Waals surface area (Å²) in [7, 11) is 0. The first-order valence-electron chi connectivity index (χ1n) is 5.84. The zero-order chi connectivity index (χ0) is 13.4. The van der Waals surface area contributed by atoms with Crippen molar-refractivity contribution >= 4 is 17.1 Å². The molecule has 0 aliphatic rings. The van der Waals surface area contributed by atoms with E-state index in [0.717, 1.165) is 22.2 Å². The van der Waals surface area contributed by atoms with Crippen LogP contribution in [0.1, 0.15) is 16.2 Å². The number of benzene rings is 2. The van der Waals surface area contributed by atoms with Crippen molar-refractivity contribution in [2.45, 2.75) is 6.92 Å². The molecule has 19 heavy (non-hydrogen) atoms. The number of hydrogen-bond acceptors (Lipinski definition) is 3. The van der Waals surface area contributed by atoms with Gasteiger partial charge < -0.3 is 9.52 Å². The van der Waals surface area contributed by atoms with Gasteiger partial charge in [0.15, 0.2) is 11.5 Å². The number of rotatable bonds is 2. The number of aromatic carboxylic acids is 1. The molecule has 4 nitrogen and oxygen atoms in total. The molecule has 0 spiro atoms. The van der Waals surface area contributed by atoms with E-state index in [0.29, 0.717) is 5.89 Å². The molecule has 4 heteroatoms. The summed E-state index contributed by atoms with van der Waals surface area (Å²) in [5, 5.41) is 8.87. The second-order valence-electron chi connectivity index (χ2n) is 4.30. The van der Waals surface area contributed by atoms with Gasteiger partial charge in [0.05, 0.1) is 5.56 Å². The van der Waals surface area contributed by atoms with Crippen molar-refractivity contribution in [3.8, 4) is 11.1 Å². The van der Waals surface area contributed by atoms with E-state index in [1.165, 1.54) is 0 Å². The maximum atomic E-state index is 10.8. The molecule has 3 rings (SSSR count). The highest BCUT2D eigenvalue weighted by Gasteiger charge is 2.06. The van der Waals surface area contributed by atoms with Gasteiger partial charge in [-0.05, 0) is 35.4 Å². The molecular weight excluding hydrogens is 242 g/mol. The Hall–Kier alpha value is -2.62. The van der Waals surface area contributed by atoms with Crippen LogP contribution < -0.4 is 0 Å². The van der Waals surface area contributed by atoms with Crippen LogP contribution in [0.3, 0.4) is 0 Å². The Morgan fingerprint density at radius 3 is 2.47 bits per heavy atom. The molecule has 94 valence electrons. The van der Waals surface area contributed by atoms with Crippen molar-refractivity contribution in [2.75, 3.05) is 0 Å². The van der Waals surface area contributed by atoms with E-state index in [1.807, 2.05) is 18.2 Å². The summed E-state index contributed by atoms with van der Waals surface area (Å²) in [5.41, 5.74) is 3.77. The van der Waals surface area contributed by atoms with Gasteiger partial charge in [0.2, 0.25) is 0 Å². The molecule has 0 aliphatic carbocycles. The van der Waals surface area contributed by atoms with Gasteiger partial charge in [-0.3, -0.25) is 0 Å². The Kier molecular flexibility index (Phi) is 2.56. The van der Waals surface area contributed by atoms with Gasteiger partial charge in [-0.25, -0.2) is 9.78 Å². The SMILES string of the molecule is Cc1nc2cc(-c3ccc(C(=O)O)cc3)ccc2o1. The lowest BCUT2D eigenvalue weighted by atomic mass is 10.0. The minimum Gasteiger partial charge on any atom is -0.478 e. The number of aryl methyl sites for hydroxylation is 1. The largest absolute Gasteiger partial charge is 0.478 e. The van der Waals surface area contributed by atoms with Crippen molar-refractivity contribution in [1.29, 1.82) is 0 Å². The van der Waals surface area contributed by atoms with Gasteiger partial charge in [0, 0.05) is 6.92 Å². The molecule has 0 fully saturated rings. The summed E-state index contributed by atoms with van der Waals surface area (Å²) in [5.74, 6) is -0.289. The smallest absolute Gasteiger partial charge is 0.335 e. The van der Waals surface area contributed by atoms with Crippen molar-refractivity contribution < 1.29 is 14.3 Å². The van der Waals surface area contributed by atoms with Crippen molar-refractivity contribution in [2.24, 2.45) is 0 Å². The number of carbonyl (C=O) groups is 1. The Balaban J connectivity index is 2.05. The Morgan fingerprint density at radius 1 is 1.11 bits per heavy atom. The van der Waals surface area contributed by atoms with Crippen LogP contribution in [0.2, 0.25) is 0 Å². The highest BCUT2D eigenvalue weighted by atomic mass is 16.4. The van der Waals surface area contributed by atoms with E-state index >= 15 is 0 Å². The Bertz CT molecular complexity index is 757. The molecule has 0 unspecified atom stereocenters. The van der Waals surface area contributed by atoms with Crippen LogP contribution >= 0.6 is 0 Å². The maximum absolute atomic E-state index is 10.8. The number of carboxylic acids is 1. The third-order valence-electron chi connectivity index (χ3n) is 2.96. The summed E-state index contributed by atoms with van der Waals surface area (Å²) in [4.78, 5) is 15.1.